The largest absolute Gasteiger partial charge is 0.508 e. The van der Waals surface area contributed by atoms with Gasteiger partial charge in [-0.2, -0.15) is 0 Å². The summed E-state index contributed by atoms with van der Waals surface area (Å²) < 4.78 is 4.71. The number of hydrogen-bond acceptors (Lipinski definition) is 4. The number of fused-ring (bicyclic) bond motifs is 1. The summed E-state index contributed by atoms with van der Waals surface area (Å²) in [6.45, 7) is 0. The third kappa shape index (κ3) is 0.797. The first kappa shape index (κ1) is 6.03. The zero-order valence-corrected chi connectivity index (χ0v) is 5.48. The van der Waals surface area contributed by atoms with Gasteiger partial charge < -0.3 is 14.7 Å². The first-order valence-corrected chi connectivity index (χ1v) is 3.04. The molecule has 0 amide bonds. The predicted octanol–water partition coefficient (Wildman–Crippen LogP) is 1.24. The highest BCUT2D eigenvalue weighted by Crippen LogP contribution is 2.28. The van der Waals surface area contributed by atoms with Gasteiger partial charge in [0.2, 0.25) is 0 Å². The van der Waals surface area contributed by atoms with E-state index in [4.69, 9.17) is 9.63 Å². The van der Waals surface area contributed by atoms with Crippen molar-refractivity contribution in [3.8, 4) is 11.5 Å². The monoisotopic (exact) mass is 151 g/mol. The normalized spacial score (nSPS) is 10.5. The van der Waals surface area contributed by atoms with E-state index in [2.05, 4.69) is 5.16 Å². The Labute approximate surface area is 61.7 Å². The van der Waals surface area contributed by atoms with Gasteiger partial charge in [-0.25, -0.2) is 0 Å². The minimum atomic E-state index is -0.0354. The second-order valence-corrected chi connectivity index (χ2v) is 2.20. The summed E-state index contributed by atoms with van der Waals surface area (Å²) in [5.41, 5.74) is 0.377. The van der Waals surface area contributed by atoms with Crippen LogP contribution in [-0.4, -0.2) is 15.4 Å². The van der Waals surface area contributed by atoms with Crippen molar-refractivity contribution < 1.29 is 14.7 Å². The van der Waals surface area contributed by atoms with E-state index in [1.807, 2.05) is 0 Å². The number of benzene rings is 1. The Morgan fingerprint density at radius 2 is 2.09 bits per heavy atom. The number of aromatic nitrogens is 1. The van der Waals surface area contributed by atoms with E-state index in [0.29, 0.717) is 11.0 Å². The second kappa shape index (κ2) is 1.88. The molecular weight excluding hydrogens is 146 g/mol. The van der Waals surface area contributed by atoms with Crippen LogP contribution >= 0.6 is 0 Å². The zero-order chi connectivity index (χ0) is 7.84. The molecule has 0 bridgehead atoms. The van der Waals surface area contributed by atoms with E-state index >= 15 is 0 Å². The molecule has 0 aliphatic heterocycles. The summed E-state index contributed by atoms with van der Waals surface area (Å²) in [5.74, 6) is -0.0620. The maximum absolute atomic E-state index is 9.18. The number of hydrogen-bond donors (Lipinski definition) is 2. The van der Waals surface area contributed by atoms with Gasteiger partial charge in [0.05, 0.1) is 11.6 Å². The van der Waals surface area contributed by atoms with Crippen molar-refractivity contribution in [1.82, 2.24) is 5.16 Å². The maximum atomic E-state index is 9.18. The predicted molar refractivity (Wildman–Crippen MR) is 37.3 cm³/mol. The van der Waals surface area contributed by atoms with Crippen LogP contribution in [0.15, 0.2) is 22.9 Å². The molecule has 1 heterocycles. The van der Waals surface area contributed by atoms with Crippen LogP contribution in [-0.2, 0) is 0 Å². The van der Waals surface area contributed by atoms with Gasteiger partial charge >= 0.3 is 0 Å². The van der Waals surface area contributed by atoms with Crippen LogP contribution in [0.1, 0.15) is 0 Å². The Morgan fingerprint density at radius 3 is 2.91 bits per heavy atom. The van der Waals surface area contributed by atoms with Crippen molar-refractivity contribution >= 4 is 11.0 Å². The van der Waals surface area contributed by atoms with Crippen LogP contribution in [0.2, 0.25) is 0 Å². The smallest absolute Gasteiger partial charge is 0.174 e. The average molecular weight is 151 g/mol. The van der Waals surface area contributed by atoms with Crippen LogP contribution in [0.5, 0.6) is 11.5 Å². The molecule has 0 fully saturated rings. The average Bonchev–Trinajstić information content (AvgIpc) is 2.34. The molecule has 0 aliphatic rings. The topological polar surface area (TPSA) is 66.5 Å². The lowest BCUT2D eigenvalue weighted by molar-refractivity contribution is 0.442. The van der Waals surface area contributed by atoms with Crippen molar-refractivity contribution in [3.63, 3.8) is 0 Å². The van der Waals surface area contributed by atoms with Crippen LogP contribution in [0, 0.1) is 0 Å². The fraction of sp³-hybridized carbons (Fsp3) is 0. The Bertz CT molecular complexity index is 393. The van der Waals surface area contributed by atoms with Gasteiger partial charge in [-0.15, -0.1) is 0 Å². The molecule has 1 aromatic heterocycles. The standard InChI is InChI=1S/C7H5NO3/c9-4-1-6(10)5-3-8-11-7(5)2-4/h1-3,9-10H. The molecule has 1 aromatic carbocycles. The maximum Gasteiger partial charge on any atom is 0.174 e. The summed E-state index contributed by atoms with van der Waals surface area (Å²) in [6, 6.07) is 2.63. The van der Waals surface area contributed by atoms with Crippen LogP contribution < -0.4 is 0 Å². The van der Waals surface area contributed by atoms with Gasteiger partial charge in [0.25, 0.3) is 0 Å². The summed E-state index contributed by atoms with van der Waals surface area (Å²) in [7, 11) is 0. The minimum absolute atomic E-state index is 0.0266. The van der Waals surface area contributed by atoms with Crippen molar-refractivity contribution in [2.45, 2.75) is 0 Å². The quantitative estimate of drug-likeness (QED) is 0.594. The van der Waals surface area contributed by atoms with Gasteiger partial charge in [-0.3, -0.25) is 0 Å². The summed E-state index contributed by atoms with van der Waals surface area (Å²) in [4.78, 5) is 0. The summed E-state index contributed by atoms with van der Waals surface area (Å²) in [6.07, 6.45) is 1.39. The molecule has 56 valence electrons. The van der Waals surface area contributed by atoms with E-state index in [-0.39, 0.29) is 11.5 Å². The first-order chi connectivity index (χ1) is 5.27. The van der Waals surface area contributed by atoms with Crippen molar-refractivity contribution in [2.75, 3.05) is 0 Å². The molecule has 2 aromatic rings. The molecular formula is C7H5NO3. The lowest BCUT2D eigenvalue weighted by Crippen LogP contribution is -1.67. The number of aromatic hydroxyl groups is 2. The molecule has 0 unspecified atom stereocenters. The summed E-state index contributed by atoms with van der Waals surface area (Å²) in [5, 5.41) is 22.1. The molecule has 2 N–H and O–H groups in total. The number of nitrogens with zero attached hydrogens (tertiary/aromatic N) is 1. The van der Waals surface area contributed by atoms with Gasteiger partial charge in [0.1, 0.15) is 11.5 Å². The van der Waals surface area contributed by atoms with E-state index in [1.54, 1.807) is 0 Å². The Hall–Kier alpha value is -1.71. The molecule has 2 rings (SSSR count). The zero-order valence-electron chi connectivity index (χ0n) is 5.48. The number of phenolic OH excluding ortho intramolecular Hbond substituents is 2. The fourth-order valence-corrected chi connectivity index (χ4v) is 0.939. The molecule has 0 aliphatic carbocycles. The van der Waals surface area contributed by atoms with E-state index in [9.17, 15) is 5.11 Å². The van der Waals surface area contributed by atoms with Crippen molar-refractivity contribution in [1.29, 1.82) is 0 Å². The van der Waals surface area contributed by atoms with Crippen LogP contribution in [0.25, 0.3) is 11.0 Å². The Balaban J connectivity index is 2.91. The molecule has 0 atom stereocenters. The van der Waals surface area contributed by atoms with E-state index in [1.165, 1.54) is 18.3 Å². The fourth-order valence-electron chi connectivity index (χ4n) is 0.939. The van der Waals surface area contributed by atoms with Crippen LogP contribution in [0.3, 0.4) is 0 Å². The van der Waals surface area contributed by atoms with Gasteiger partial charge in [0.15, 0.2) is 5.58 Å². The van der Waals surface area contributed by atoms with E-state index < -0.39 is 0 Å². The SMILES string of the molecule is Oc1cc(O)c2cnoc2c1. The van der Waals surface area contributed by atoms with Crippen LogP contribution in [0.4, 0.5) is 0 Å². The highest BCUT2D eigenvalue weighted by atomic mass is 16.5. The molecule has 0 radical (unpaired) electrons. The van der Waals surface area contributed by atoms with E-state index in [0.717, 1.165) is 0 Å². The lowest BCUT2D eigenvalue weighted by atomic mass is 10.2. The molecule has 11 heavy (non-hydrogen) atoms. The molecule has 4 heteroatoms. The third-order valence-corrected chi connectivity index (χ3v) is 1.44. The Kier molecular flexibility index (Phi) is 1.03. The third-order valence-electron chi connectivity index (χ3n) is 1.44. The minimum Gasteiger partial charge on any atom is -0.508 e. The Morgan fingerprint density at radius 1 is 1.27 bits per heavy atom. The van der Waals surface area contributed by atoms with Crippen molar-refractivity contribution in [2.24, 2.45) is 0 Å². The summed E-state index contributed by atoms with van der Waals surface area (Å²) >= 11 is 0. The second-order valence-electron chi connectivity index (χ2n) is 2.20. The lowest BCUT2D eigenvalue weighted by Gasteiger charge is -1.92. The molecule has 0 saturated carbocycles. The molecule has 0 spiro atoms. The number of rotatable bonds is 0. The molecule has 0 saturated heterocycles. The first-order valence-electron chi connectivity index (χ1n) is 3.04. The van der Waals surface area contributed by atoms with Gasteiger partial charge in [-0.1, -0.05) is 5.16 Å². The van der Waals surface area contributed by atoms with Crippen molar-refractivity contribution in [3.05, 3.63) is 18.3 Å². The number of phenols is 2. The molecule has 4 nitrogen and oxygen atoms in total. The van der Waals surface area contributed by atoms with Gasteiger partial charge in [0, 0.05) is 12.1 Å². The van der Waals surface area contributed by atoms with Gasteiger partial charge in [-0.05, 0) is 0 Å². The highest BCUT2D eigenvalue weighted by Gasteiger charge is 2.04. The highest BCUT2D eigenvalue weighted by molar-refractivity contribution is 5.83.